The summed E-state index contributed by atoms with van der Waals surface area (Å²) in [6.07, 6.45) is 1.98. The molecule has 3 rings (SSSR count). The van der Waals surface area contributed by atoms with Crippen LogP contribution in [0.3, 0.4) is 0 Å². The van der Waals surface area contributed by atoms with Crippen molar-refractivity contribution in [2.75, 3.05) is 7.11 Å². The third-order valence-electron chi connectivity index (χ3n) is 3.61. The molecule has 0 amide bonds. The Kier molecular flexibility index (Phi) is 4.37. The maximum absolute atomic E-state index is 11.7. The monoisotopic (exact) mass is 322 g/mol. The topological polar surface area (TPSA) is 68.3 Å². The summed E-state index contributed by atoms with van der Waals surface area (Å²) in [7, 11) is 1.36. The van der Waals surface area contributed by atoms with Gasteiger partial charge in [-0.25, -0.2) is 4.98 Å². The van der Waals surface area contributed by atoms with E-state index in [0.29, 0.717) is 11.5 Å². The van der Waals surface area contributed by atoms with Crippen molar-refractivity contribution < 1.29 is 9.53 Å². The van der Waals surface area contributed by atoms with Gasteiger partial charge in [0.05, 0.1) is 24.9 Å². The lowest BCUT2D eigenvalue weighted by atomic mass is 10.2. The molecular weight excluding hydrogens is 304 g/mol. The van der Waals surface area contributed by atoms with Crippen molar-refractivity contribution in [3.05, 3.63) is 59.4 Å². The van der Waals surface area contributed by atoms with Gasteiger partial charge in [0.25, 0.3) is 0 Å². The summed E-state index contributed by atoms with van der Waals surface area (Å²) in [5.74, 6) is 0.183. The second kappa shape index (κ2) is 6.62. The molecule has 2 heterocycles. The molecule has 0 unspecified atom stereocenters. The molecule has 0 fully saturated rings. The number of hydrogen-bond donors (Lipinski definition) is 0. The van der Waals surface area contributed by atoms with Gasteiger partial charge in [-0.2, -0.15) is 0 Å². The van der Waals surface area contributed by atoms with Crippen LogP contribution in [0.15, 0.2) is 52.8 Å². The van der Waals surface area contributed by atoms with E-state index in [1.54, 1.807) is 0 Å². The molecule has 0 saturated carbocycles. The van der Waals surface area contributed by atoms with Crippen LogP contribution in [-0.4, -0.2) is 22.5 Å². The molecule has 0 aliphatic rings. The van der Waals surface area contributed by atoms with Gasteiger partial charge in [0.1, 0.15) is 5.65 Å². The molecule has 0 bridgehead atoms. The molecule has 0 spiro atoms. The molecule has 0 aliphatic carbocycles. The number of nitrogens with zero attached hydrogens (tertiary/aromatic N) is 4. The fourth-order valence-electron chi connectivity index (χ4n) is 2.42. The van der Waals surface area contributed by atoms with E-state index in [9.17, 15) is 4.79 Å². The van der Waals surface area contributed by atoms with Gasteiger partial charge in [0, 0.05) is 6.20 Å². The first-order valence-electron chi connectivity index (χ1n) is 7.59. The quantitative estimate of drug-likeness (QED) is 0.537. The predicted molar refractivity (Wildman–Crippen MR) is 91.0 cm³/mol. The van der Waals surface area contributed by atoms with Gasteiger partial charge in [-0.15, -0.1) is 10.2 Å². The van der Waals surface area contributed by atoms with Gasteiger partial charge in [0.2, 0.25) is 0 Å². The van der Waals surface area contributed by atoms with Gasteiger partial charge in [-0.1, -0.05) is 18.2 Å². The van der Waals surface area contributed by atoms with Crippen LogP contribution in [0.5, 0.6) is 0 Å². The second-order valence-corrected chi connectivity index (χ2v) is 5.61. The van der Waals surface area contributed by atoms with Crippen molar-refractivity contribution in [1.29, 1.82) is 0 Å². The molecule has 0 atom stereocenters. The van der Waals surface area contributed by atoms with Gasteiger partial charge in [-0.05, 0) is 43.2 Å². The number of carbonyl (C=O) groups is 1. The third-order valence-corrected chi connectivity index (χ3v) is 3.61. The summed E-state index contributed by atoms with van der Waals surface area (Å²) in [5.41, 5.74) is 4.19. The average molecular weight is 322 g/mol. The minimum Gasteiger partial charge on any atom is -0.469 e. The van der Waals surface area contributed by atoms with E-state index in [1.165, 1.54) is 7.11 Å². The Morgan fingerprint density at radius 2 is 2.00 bits per heavy atom. The molecule has 6 heteroatoms. The standard InChI is InChI=1S/C18H18N4O2/c1-12-5-4-6-14(9-12)20-21-18-15(10-17(23)24-3)19-16-8-7-13(2)11-22(16)18/h4-9,11H,10H2,1-3H3. The van der Waals surface area contributed by atoms with E-state index in [4.69, 9.17) is 4.74 Å². The maximum Gasteiger partial charge on any atom is 0.311 e. The summed E-state index contributed by atoms with van der Waals surface area (Å²) in [4.78, 5) is 16.1. The Balaban J connectivity index is 2.07. The predicted octanol–water partition coefficient (Wildman–Crippen LogP) is 4.08. The number of rotatable bonds is 4. The first kappa shape index (κ1) is 15.9. The van der Waals surface area contributed by atoms with Crippen LogP contribution in [-0.2, 0) is 16.0 Å². The number of methoxy groups -OCH3 is 1. The lowest BCUT2D eigenvalue weighted by Crippen LogP contribution is -2.04. The number of hydrogen-bond acceptors (Lipinski definition) is 5. The van der Waals surface area contributed by atoms with Crippen molar-refractivity contribution >= 4 is 23.1 Å². The highest BCUT2D eigenvalue weighted by Crippen LogP contribution is 2.25. The Bertz CT molecular complexity index is 928. The zero-order valence-corrected chi connectivity index (χ0v) is 13.9. The van der Waals surface area contributed by atoms with Crippen LogP contribution >= 0.6 is 0 Å². The molecule has 0 aliphatic heterocycles. The van der Waals surface area contributed by atoms with Crippen molar-refractivity contribution in [2.45, 2.75) is 20.3 Å². The van der Waals surface area contributed by atoms with E-state index >= 15 is 0 Å². The van der Waals surface area contributed by atoms with Crippen LogP contribution < -0.4 is 0 Å². The molecule has 6 nitrogen and oxygen atoms in total. The normalized spacial score (nSPS) is 11.3. The zero-order valence-electron chi connectivity index (χ0n) is 13.9. The summed E-state index contributed by atoms with van der Waals surface area (Å²) in [5, 5.41) is 8.65. The first-order chi connectivity index (χ1) is 11.6. The average Bonchev–Trinajstić information content (AvgIpc) is 2.89. The van der Waals surface area contributed by atoms with Crippen molar-refractivity contribution in [1.82, 2.24) is 9.38 Å². The highest BCUT2D eigenvalue weighted by molar-refractivity contribution is 5.74. The van der Waals surface area contributed by atoms with Gasteiger partial charge in [-0.3, -0.25) is 9.20 Å². The van der Waals surface area contributed by atoms with Crippen molar-refractivity contribution in [2.24, 2.45) is 10.2 Å². The third kappa shape index (κ3) is 3.32. The zero-order chi connectivity index (χ0) is 17.1. The molecular formula is C18H18N4O2. The molecule has 0 N–H and O–H groups in total. The number of azo groups is 1. The Labute approximate surface area is 139 Å². The number of imidazole rings is 1. The van der Waals surface area contributed by atoms with E-state index in [-0.39, 0.29) is 12.4 Å². The highest BCUT2D eigenvalue weighted by atomic mass is 16.5. The van der Waals surface area contributed by atoms with E-state index in [1.807, 2.05) is 60.8 Å². The van der Waals surface area contributed by atoms with E-state index < -0.39 is 0 Å². The number of esters is 1. The van der Waals surface area contributed by atoms with Crippen LogP contribution in [0.1, 0.15) is 16.8 Å². The molecule has 0 radical (unpaired) electrons. The minimum atomic E-state index is -0.359. The van der Waals surface area contributed by atoms with Crippen molar-refractivity contribution in [3.8, 4) is 0 Å². The Morgan fingerprint density at radius 1 is 1.17 bits per heavy atom. The summed E-state index contributed by atoms with van der Waals surface area (Å²) < 4.78 is 6.59. The van der Waals surface area contributed by atoms with Crippen LogP contribution in [0.25, 0.3) is 5.65 Å². The van der Waals surface area contributed by atoms with Gasteiger partial charge < -0.3 is 4.74 Å². The minimum absolute atomic E-state index is 0.0550. The number of fused-ring (bicyclic) bond motifs is 1. The number of ether oxygens (including phenoxy) is 1. The number of aromatic nitrogens is 2. The second-order valence-electron chi connectivity index (χ2n) is 5.61. The fourth-order valence-corrected chi connectivity index (χ4v) is 2.42. The summed E-state index contributed by atoms with van der Waals surface area (Å²) in [6.45, 7) is 3.99. The van der Waals surface area contributed by atoms with Gasteiger partial charge in [0.15, 0.2) is 5.82 Å². The lowest BCUT2D eigenvalue weighted by molar-refractivity contribution is -0.139. The van der Waals surface area contributed by atoms with Crippen LogP contribution in [0.2, 0.25) is 0 Å². The van der Waals surface area contributed by atoms with E-state index in [2.05, 4.69) is 15.2 Å². The van der Waals surface area contributed by atoms with Crippen LogP contribution in [0.4, 0.5) is 11.5 Å². The summed E-state index contributed by atoms with van der Waals surface area (Å²) >= 11 is 0. The molecule has 2 aromatic heterocycles. The Hall–Kier alpha value is -3.02. The number of aryl methyl sites for hydroxylation is 2. The lowest BCUT2D eigenvalue weighted by Gasteiger charge is -2.00. The molecule has 3 aromatic rings. The number of pyridine rings is 1. The number of benzene rings is 1. The maximum atomic E-state index is 11.7. The highest BCUT2D eigenvalue weighted by Gasteiger charge is 2.16. The molecule has 1 aromatic carbocycles. The molecule has 0 saturated heterocycles. The smallest absolute Gasteiger partial charge is 0.311 e. The van der Waals surface area contributed by atoms with E-state index in [0.717, 1.165) is 22.5 Å². The molecule has 24 heavy (non-hydrogen) atoms. The Morgan fingerprint density at radius 3 is 2.75 bits per heavy atom. The van der Waals surface area contributed by atoms with Crippen molar-refractivity contribution in [3.63, 3.8) is 0 Å². The molecule has 122 valence electrons. The number of carbonyl (C=O) groups excluding carboxylic acids is 1. The van der Waals surface area contributed by atoms with Crippen LogP contribution in [0, 0.1) is 13.8 Å². The fraction of sp³-hybridized carbons (Fsp3) is 0.222. The summed E-state index contributed by atoms with van der Waals surface area (Å²) in [6, 6.07) is 11.6. The van der Waals surface area contributed by atoms with Gasteiger partial charge >= 0.3 is 5.97 Å². The largest absolute Gasteiger partial charge is 0.469 e. The first-order valence-corrected chi connectivity index (χ1v) is 7.59. The SMILES string of the molecule is COC(=O)Cc1nc2ccc(C)cn2c1N=Nc1cccc(C)c1.